The number of piperidine rings is 1. The molecule has 1 aliphatic heterocycles. The van der Waals surface area contributed by atoms with Gasteiger partial charge in [-0.1, -0.05) is 42.5 Å². The first-order valence-electron chi connectivity index (χ1n) is 11.7. The molecule has 0 radical (unpaired) electrons. The van der Waals surface area contributed by atoms with Crippen molar-refractivity contribution in [2.24, 2.45) is 0 Å². The van der Waals surface area contributed by atoms with E-state index < -0.39 is 27.1 Å². The first kappa shape index (κ1) is 23.2. The van der Waals surface area contributed by atoms with E-state index in [1.54, 1.807) is 29.2 Å². The number of nitro benzene ring substituents is 2. The summed E-state index contributed by atoms with van der Waals surface area (Å²) in [6.07, 6.45) is 2.89. The lowest BCUT2D eigenvalue weighted by Crippen LogP contribution is -2.31. The van der Waals surface area contributed by atoms with Gasteiger partial charge in [0.15, 0.2) is 5.69 Å². The fraction of sp³-hybridized carbons (Fsp3) is 0.231. The van der Waals surface area contributed by atoms with Gasteiger partial charge in [-0.05, 0) is 37.0 Å². The molecule has 0 unspecified atom stereocenters. The van der Waals surface area contributed by atoms with Gasteiger partial charge in [-0.15, -0.1) is 0 Å². The Labute approximate surface area is 206 Å². The third-order valence-corrected chi connectivity index (χ3v) is 6.42. The molecule has 0 bridgehead atoms. The summed E-state index contributed by atoms with van der Waals surface area (Å²) in [5.41, 5.74) is 0.989. The average molecular weight is 486 g/mol. The molecule has 0 spiro atoms. The molecular weight excluding hydrogens is 462 g/mol. The van der Waals surface area contributed by atoms with Gasteiger partial charge in [0, 0.05) is 31.6 Å². The summed E-state index contributed by atoms with van der Waals surface area (Å²) in [6, 6.07) is 18.9. The summed E-state index contributed by atoms with van der Waals surface area (Å²) in [5, 5.41) is 24.1. The molecule has 10 nitrogen and oxygen atoms in total. The predicted molar refractivity (Wildman–Crippen MR) is 135 cm³/mol. The zero-order chi connectivity index (χ0) is 25.2. The zero-order valence-electron chi connectivity index (χ0n) is 19.4. The van der Waals surface area contributed by atoms with Crippen molar-refractivity contribution in [2.75, 3.05) is 18.0 Å². The van der Waals surface area contributed by atoms with E-state index in [4.69, 9.17) is 0 Å². The summed E-state index contributed by atoms with van der Waals surface area (Å²) in [5.74, 6) is -0.163. The highest BCUT2D eigenvalue weighted by Gasteiger charge is 2.34. The van der Waals surface area contributed by atoms with Crippen LogP contribution in [0.25, 0.3) is 11.0 Å². The van der Waals surface area contributed by atoms with Gasteiger partial charge in [-0.25, -0.2) is 4.98 Å². The number of hydrogen-bond donors (Lipinski definition) is 0. The number of rotatable bonds is 6. The van der Waals surface area contributed by atoms with E-state index in [-0.39, 0.29) is 11.3 Å². The largest absolute Gasteiger partial charge is 0.360 e. The van der Waals surface area contributed by atoms with Crippen LogP contribution in [0.4, 0.5) is 17.1 Å². The predicted octanol–water partition coefficient (Wildman–Crippen LogP) is 5.12. The Morgan fingerprint density at radius 1 is 0.861 bits per heavy atom. The summed E-state index contributed by atoms with van der Waals surface area (Å²) < 4.78 is 1.39. The molecule has 3 aromatic carbocycles. The van der Waals surface area contributed by atoms with Crippen molar-refractivity contribution in [2.45, 2.75) is 25.7 Å². The minimum absolute atomic E-state index is 0.0405. The summed E-state index contributed by atoms with van der Waals surface area (Å²) in [6.45, 7) is 0.977. The van der Waals surface area contributed by atoms with Crippen LogP contribution in [0.3, 0.4) is 0 Å². The van der Waals surface area contributed by atoms with Crippen LogP contribution in [0.2, 0.25) is 0 Å². The number of carbonyl (C=O) groups is 1. The van der Waals surface area contributed by atoms with Crippen molar-refractivity contribution in [3.05, 3.63) is 104 Å². The molecule has 0 aliphatic carbocycles. The Kier molecular flexibility index (Phi) is 6.16. The van der Waals surface area contributed by atoms with Crippen LogP contribution in [0.15, 0.2) is 66.7 Å². The average Bonchev–Trinajstić information content (AvgIpc) is 3.26. The number of anilines is 1. The standard InChI is InChI=1S/C26H23N5O5/c32-26(29-21-12-6-5-11-20(21)27-24(29)15-18-9-3-1-4-10-18)19-16-22(30(33)34)25(23(17-19)31(35)36)28-13-7-2-8-14-28/h1,3-6,9-12,16-17H,2,7-8,13-15H2. The monoisotopic (exact) mass is 485 g/mol. The van der Waals surface area contributed by atoms with Crippen LogP contribution in [0, 0.1) is 20.2 Å². The summed E-state index contributed by atoms with van der Waals surface area (Å²) >= 11 is 0. The van der Waals surface area contributed by atoms with E-state index in [1.165, 1.54) is 4.57 Å². The molecule has 4 aromatic rings. The molecule has 0 amide bonds. The van der Waals surface area contributed by atoms with Gasteiger partial charge >= 0.3 is 0 Å². The number of aromatic nitrogens is 2. The highest BCUT2D eigenvalue weighted by Crippen LogP contribution is 2.40. The number of para-hydroxylation sites is 2. The van der Waals surface area contributed by atoms with Crippen molar-refractivity contribution in [3.63, 3.8) is 0 Å². The van der Waals surface area contributed by atoms with Crippen LogP contribution < -0.4 is 4.90 Å². The van der Waals surface area contributed by atoms with Gasteiger partial charge in [0.1, 0.15) is 5.82 Å². The molecule has 1 aromatic heterocycles. The maximum atomic E-state index is 13.8. The highest BCUT2D eigenvalue weighted by molar-refractivity contribution is 6.03. The second-order valence-electron chi connectivity index (χ2n) is 8.74. The van der Waals surface area contributed by atoms with Crippen molar-refractivity contribution in [3.8, 4) is 0 Å². The fourth-order valence-electron chi connectivity index (χ4n) is 4.78. The van der Waals surface area contributed by atoms with Gasteiger partial charge in [-0.2, -0.15) is 0 Å². The van der Waals surface area contributed by atoms with Gasteiger partial charge in [-0.3, -0.25) is 29.6 Å². The van der Waals surface area contributed by atoms with E-state index in [2.05, 4.69) is 4.98 Å². The lowest BCUT2D eigenvalue weighted by atomic mass is 10.1. The van der Waals surface area contributed by atoms with Crippen molar-refractivity contribution in [1.82, 2.24) is 9.55 Å². The highest BCUT2D eigenvalue weighted by atomic mass is 16.6. The summed E-state index contributed by atoms with van der Waals surface area (Å²) in [4.78, 5) is 42.9. The number of carbonyl (C=O) groups excluding carboxylic acids is 1. The first-order valence-corrected chi connectivity index (χ1v) is 11.7. The molecule has 1 saturated heterocycles. The molecule has 2 heterocycles. The number of benzene rings is 3. The molecule has 0 saturated carbocycles. The van der Waals surface area contributed by atoms with Crippen molar-refractivity contribution >= 4 is 34.0 Å². The van der Waals surface area contributed by atoms with E-state index in [0.717, 1.165) is 37.0 Å². The fourth-order valence-corrected chi connectivity index (χ4v) is 4.78. The molecule has 36 heavy (non-hydrogen) atoms. The molecule has 10 heteroatoms. The van der Waals surface area contributed by atoms with E-state index in [0.29, 0.717) is 36.4 Å². The van der Waals surface area contributed by atoms with Gasteiger partial charge in [0.2, 0.25) is 0 Å². The number of nitrogens with zero attached hydrogens (tertiary/aromatic N) is 5. The topological polar surface area (TPSA) is 124 Å². The Hall–Kier alpha value is -4.60. The van der Waals surface area contributed by atoms with Crippen LogP contribution >= 0.6 is 0 Å². The minimum Gasteiger partial charge on any atom is -0.360 e. The number of fused-ring (bicyclic) bond motifs is 1. The lowest BCUT2D eigenvalue weighted by molar-refractivity contribution is -0.392. The normalized spacial score (nSPS) is 13.6. The van der Waals surface area contributed by atoms with Crippen molar-refractivity contribution < 1.29 is 14.6 Å². The maximum Gasteiger partial charge on any atom is 0.300 e. The number of nitro groups is 2. The van der Waals surface area contributed by atoms with Crippen LogP contribution in [-0.2, 0) is 6.42 Å². The Morgan fingerprint density at radius 2 is 1.47 bits per heavy atom. The maximum absolute atomic E-state index is 13.8. The van der Waals surface area contributed by atoms with E-state index in [9.17, 15) is 25.0 Å². The molecule has 5 rings (SSSR count). The van der Waals surface area contributed by atoms with Gasteiger partial charge in [0.05, 0.1) is 26.4 Å². The quantitative estimate of drug-likeness (QED) is 0.274. The zero-order valence-corrected chi connectivity index (χ0v) is 19.4. The van der Waals surface area contributed by atoms with Crippen LogP contribution in [0.1, 0.15) is 41.0 Å². The second-order valence-corrected chi connectivity index (χ2v) is 8.74. The molecule has 182 valence electrons. The second kappa shape index (κ2) is 9.57. The molecule has 1 fully saturated rings. The van der Waals surface area contributed by atoms with Crippen molar-refractivity contribution in [1.29, 1.82) is 0 Å². The van der Waals surface area contributed by atoms with Crippen LogP contribution in [-0.4, -0.2) is 38.4 Å². The lowest BCUT2D eigenvalue weighted by Gasteiger charge is -2.28. The van der Waals surface area contributed by atoms with E-state index >= 15 is 0 Å². The smallest absolute Gasteiger partial charge is 0.300 e. The van der Waals surface area contributed by atoms with E-state index in [1.807, 2.05) is 30.3 Å². The van der Waals surface area contributed by atoms with Gasteiger partial charge in [0.25, 0.3) is 17.3 Å². The number of imidazole rings is 1. The molecule has 1 aliphatic rings. The Morgan fingerprint density at radius 3 is 2.11 bits per heavy atom. The Balaban J connectivity index is 1.67. The SMILES string of the molecule is O=C(c1cc([N+](=O)[O-])c(N2CCCCC2)c([N+](=O)[O-])c1)n1c(Cc2ccccc2)nc2ccccc21. The molecule has 0 atom stereocenters. The first-order chi connectivity index (χ1) is 17.4. The number of hydrogen-bond acceptors (Lipinski definition) is 7. The minimum atomic E-state index is -0.648. The third kappa shape index (κ3) is 4.28. The Bertz CT molecular complexity index is 1440. The van der Waals surface area contributed by atoms with Crippen LogP contribution in [0.5, 0.6) is 0 Å². The third-order valence-electron chi connectivity index (χ3n) is 6.42. The molecule has 0 N–H and O–H groups in total. The van der Waals surface area contributed by atoms with Gasteiger partial charge < -0.3 is 4.90 Å². The summed E-state index contributed by atoms with van der Waals surface area (Å²) in [7, 11) is 0. The molecular formula is C26H23N5O5.